The molecule has 11 nitrogen and oxygen atoms in total. The van der Waals surface area contributed by atoms with Crippen molar-refractivity contribution >= 4 is 45.8 Å². The van der Waals surface area contributed by atoms with Crippen molar-refractivity contribution in [2.24, 2.45) is 0 Å². The number of ether oxygens (including phenoxy) is 4. The highest BCUT2D eigenvalue weighted by Gasteiger charge is 2.37. The van der Waals surface area contributed by atoms with E-state index in [1.807, 2.05) is 62.8 Å². The van der Waals surface area contributed by atoms with Gasteiger partial charge in [0.15, 0.2) is 11.5 Å². The maximum absolute atomic E-state index is 14.4. The summed E-state index contributed by atoms with van der Waals surface area (Å²) in [6.07, 6.45) is 1.65. The van der Waals surface area contributed by atoms with Crippen molar-refractivity contribution < 1.29 is 33.3 Å². The summed E-state index contributed by atoms with van der Waals surface area (Å²) in [5, 5.41) is 0.860. The molecule has 0 radical (unpaired) electrons. The average molecular weight is 675 g/mol. The minimum absolute atomic E-state index is 0.0294. The van der Waals surface area contributed by atoms with E-state index in [0.717, 1.165) is 29.4 Å². The summed E-state index contributed by atoms with van der Waals surface area (Å²) in [7, 11) is 8.72. The Hall–Kier alpha value is -6.07. The molecule has 0 bridgehead atoms. The van der Waals surface area contributed by atoms with E-state index in [1.54, 1.807) is 57.6 Å². The van der Waals surface area contributed by atoms with Crippen molar-refractivity contribution in [3.05, 3.63) is 114 Å². The van der Waals surface area contributed by atoms with E-state index in [4.69, 9.17) is 18.9 Å². The van der Waals surface area contributed by atoms with Crippen molar-refractivity contribution in [3.8, 4) is 23.0 Å². The highest BCUT2D eigenvalue weighted by atomic mass is 16.6. The zero-order chi connectivity index (χ0) is 35.4. The van der Waals surface area contributed by atoms with Gasteiger partial charge in [-0.1, -0.05) is 36.4 Å². The van der Waals surface area contributed by atoms with Gasteiger partial charge in [0.2, 0.25) is 5.78 Å². The molecule has 1 aliphatic rings. The minimum atomic E-state index is -0.747. The van der Waals surface area contributed by atoms with Gasteiger partial charge in [-0.05, 0) is 75.9 Å². The number of amides is 2. The number of methoxy groups -OCH3 is 1. The van der Waals surface area contributed by atoms with Gasteiger partial charge in [-0.25, -0.2) is 9.59 Å². The lowest BCUT2D eigenvalue weighted by atomic mass is 9.96. The number of carbonyl (C=O) groups is 3. The van der Waals surface area contributed by atoms with Crippen molar-refractivity contribution in [2.75, 3.05) is 51.6 Å². The van der Waals surface area contributed by atoms with Crippen LogP contribution in [-0.2, 0) is 0 Å². The van der Waals surface area contributed by atoms with E-state index in [0.29, 0.717) is 29.1 Å². The number of anilines is 2. The Morgan fingerprint density at radius 2 is 1.42 bits per heavy atom. The summed E-state index contributed by atoms with van der Waals surface area (Å²) < 4.78 is 23.5. The first-order valence-corrected chi connectivity index (χ1v) is 16.1. The van der Waals surface area contributed by atoms with Crippen LogP contribution in [0.25, 0.3) is 16.5 Å². The van der Waals surface area contributed by atoms with Gasteiger partial charge in [0, 0.05) is 65.8 Å². The maximum Gasteiger partial charge on any atom is 0.419 e. The molecule has 0 spiro atoms. The van der Waals surface area contributed by atoms with Gasteiger partial charge >= 0.3 is 12.2 Å². The summed E-state index contributed by atoms with van der Waals surface area (Å²) in [5.41, 5.74) is 3.57. The monoisotopic (exact) mass is 674 g/mol. The molecular formula is C39H38N4O7. The second-order valence-corrected chi connectivity index (χ2v) is 12.1. The summed E-state index contributed by atoms with van der Waals surface area (Å²) in [6.45, 7) is 0.771. The van der Waals surface area contributed by atoms with E-state index in [-0.39, 0.29) is 28.6 Å². The Morgan fingerprint density at radius 3 is 2.04 bits per heavy atom. The van der Waals surface area contributed by atoms with Gasteiger partial charge < -0.3 is 28.8 Å². The zero-order valence-corrected chi connectivity index (χ0v) is 28.6. The number of ketones is 1. The molecule has 5 aromatic rings. The number of carbonyl (C=O) groups excluding carboxylic acids is 3. The van der Waals surface area contributed by atoms with Gasteiger partial charge in [0.25, 0.3) is 0 Å². The number of benzene rings is 4. The van der Waals surface area contributed by atoms with Crippen molar-refractivity contribution in [1.29, 1.82) is 0 Å². The number of para-hydroxylation sites is 2. The molecule has 11 heteroatoms. The lowest BCUT2D eigenvalue weighted by molar-refractivity contribution is 0.101. The Labute approximate surface area is 290 Å². The van der Waals surface area contributed by atoms with Gasteiger partial charge in [-0.3, -0.25) is 14.6 Å². The largest absolute Gasteiger partial charge is 0.497 e. The topological polar surface area (TPSA) is 114 Å². The van der Waals surface area contributed by atoms with Crippen molar-refractivity contribution in [2.45, 2.75) is 12.8 Å². The molecule has 4 aromatic carbocycles. The normalized spacial score (nSPS) is 13.1. The van der Waals surface area contributed by atoms with Crippen LogP contribution in [0.2, 0.25) is 0 Å². The molecule has 1 aromatic heterocycles. The predicted octanol–water partition coefficient (Wildman–Crippen LogP) is 7.78. The van der Waals surface area contributed by atoms with Gasteiger partial charge in [0.1, 0.15) is 22.8 Å². The van der Waals surface area contributed by atoms with Crippen LogP contribution in [0.5, 0.6) is 23.0 Å². The Bertz CT molecular complexity index is 2070. The molecule has 256 valence electrons. The fourth-order valence-corrected chi connectivity index (χ4v) is 5.74. The third-order valence-electron chi connectivity index (χ3n) is 8.44. The molecule has 2 heterocycles. The first kappa shape index (κ1) is 33.8. The fraction of sp³-hybridized carbons (Fsp3) is 0.205. The smallest absolute Gasteiger partial charge is 0.419 e. The second-order valence-electron chi connectivity index (χ2n) is 12.1. The van der Waals surface area contributed by atoms with E-state index in [9.17, 15) is 14.4 Å². The molecule has 0 saturated carbocycles. The van der Waals surface area contributed by atoms with Crippen LogP contribution in [0.3, 0.4) is 0 Å². The van der Waals surface area contributed by atoms with Crippen molar-refractivity contribution in [3.63, 3.8) is 0 Å². The minimum Gasteiger partial charge on any atom is -0.497 e. The highest BCUT2D eigenvalue weighted by molar-refractivity contribution is 6.19. The number of nitrogens with one attached hydrogen (secondary N) is 1. The molecule has 0 unspecified atom stereocenters. The lowest BCUT2D eigenvalue weighted by Crippen LogP contribution is -2.30. The van der Waals surface area contributed by atoms with Crippen LogP contribution in [0.1, 0.15) is 28.8 Å². The molecule has 1 aliphatic heterocycles. The number of H-pyrrole nitrogens is 1. The van der Waals surface area contributed by atoms with Crippen LogP contribution in [0.4, 0.5) is 21.0 Å². The molecular weight excluding hydrogens is 636 g/mol. The van der Waals surface area contributed by atoms with Crippen LogP contribution >= 0.6 is 0 Å². The van der Waals surface area contributed by atoms with Gasteiger partial charge in [0.05, 0.1) is 7.11 Å². The van der Waals surface area contributed by atoms with Crippen LogP contribution in [0.15, 0.2) is 103 Å². The molecule has 0 atom stereocenters. The van der Waals surface area contributed by atoms with E-state index >= 15 is 0 Å². The predicted molar refractivity (Wildman–Crippen MR) is 193 cm³/mol. The molecule has 0 saturated heterocycles. The summed E-state index contributed by atoms with van der Waals surface area (Å²) in [6, 6.07) is 26.5. The van der Waals surface area contributed by atoms with Crippen LogP contribution in [0, 0.1) is 0 Å². The Balaban J connectivity index is 1.43. The summed E-state index contributed by atoms with van der Waals surface area (Å²) in [5.74, 6) is 0.338. The number of hydrogen-bond donors (Lipinski definition) is 1. The number of hydrogen-bond acceptors (Lipinski definition) is 8. The number of nitrogens with zero attached hydrogens (tertiary/aromatic N) is 3. The number of allylic oxidation sites excluding steroid dienone is 2. The molecule has 0 aliphatic carbocycles. The molecule has 2 amide bonds. The molecule has 0 fully saturated rings. The zero-order valence-electron chi connectivity index (χ0n) is 28.6. The summed E-state index contributed by atoms with van der Waals surface area (Å²) in [4.78, 5) is 49.1. The first-order valence-electron chi connectivity index (χ1n) is 16.1. The van der Waals surface area contributed by atoms with E-state index in [1.165, 1.54) is 21.9 Å². The molecule has 50 heavy (non-hydrogen) atoms. The van der Waals surface area contributed by atoms with Gasteiger partial charge in [-0.15, -0.1) is 0 Å². The van der Waals surface area contributed by atoms with Gasteiger partial charge in [-0.2, -0.15) is 0 Å². The maximum atomic E-state index is 14.4. The van der Waals surface area contributed by atoms with Crippen LogP contribution < -0.4 is 28.7 Å². The molecule has 6 rings (SSSR count). The fourth-order valence-electron chi connectivity index (χ4n) is 5.74. The van der Waals surface area contributed by atoms with Crippen molar-refractivity contribution in [1.82, 2.24) is 9.88 Å². The Kier molecular flexibility index (Phi) is 9.87. The number of Topliss-reactive ketones (excluding diaryl/α,β-unsaturated/α-hetero) is 1. The number of aromatic amines is 1. The number of rotatable bonds is 10. The van der Waals surface area contributed by atoms with E-state index in [2.05, 4.69) is 9.88 Å². The summed E-state index contributed by atoms with van der Waals surface area (Å²) >= 11 is 0. The third-order valence-corrected chi connectivity index (χ3v) is 8.44. The highest BCUT2D eigenvalue weighted by Crippen LogP contribution is 2.45. The molecule has 1 N–H and O–H groups in total. The standard InChI is InChI=1S/C39H38N4O7/c1-41(2)20-12-17-29(31-24-40-32-19-18-27(47-5)21-30(31)32)37-36(44)35-33(49-37)22-28(48-38(45)42(3)25-13-8-6-9-14-25)23-34(35)50-39(46)43(4)26-15-10-7-11-16-26/h6-11,13-16,18-19,21-24,40H,12,17,20H2,1-5H3. The van der Waals surface area contributed by atoms with E-state index < -0.39 is 18.0 Å². The second kappa shape index (κ2) is 14.6. The third kappa shape index (κ3) is 7.03. The quantitative estimate of drug-likeness (QED) is 0.150. The number of aromatic nitrogens is 1. The SMILES string of the molecule is COc1ccc2[nH]cc(C(CCCN(C)C)=C3Oc4cc(OC(=O)N(C)c5ccccc5)cc(OC(=O)N(C)c5ccccc5)c4C3=O)c2c1. The van der Waals surface area contributed by atoms with Crippen LogP contribution in [-0.4, -0.2) is 69.7 Å². The lowest BCUT2D eigenvalue weighted by Gasteiger charge is -2.19. The average Bonchev–Trinajstić information content (AvgIpc) is 3.70. The number of fused-ring (bicyclic) bond motifs is 2. The first-order chi connectivity index (χ1) is 24.1. The Morgan fingerprint density at radius 1 is 0.780 bits per heavy atom.